The lowest BCUT2D eigenvalue weighted by Gasteiger charge is -2.09. The standard InChI is InChI=1S/C19H23N5O3/c1-13(2)27-11-15-6-4-14(5-7-15)8-20-17(25)10-24-12-21-18-16(19(24)26)9-22-23(18)3/h4-7,9,12-13H,8,10-11H2,1-3H3,(H,20,25). The summed E-state index contributed by atoms with van der Waals surface area (Å²) in [6, 6.07) is 7.87. The summed E-state index contributed by atoms with van der Waals surface area (Å²) in [5.74, 6) is -0.255. The zero-order valence-electron chi connectivity index (χ0n) is 15.7. The predicted molar refractivity (Wildman–Crippen MR) is 101 cm³/mol. The molecule has 0 atom stereocenters. The number of nitrogens with zero attached hydrogens (tertiary/aromatic N) is 4. The number of amides is 1. The van der Waals surface area contributed by atoms with Gasteiger partial charge in [0.25, 0.3) is 5.56 Å². The highest BCUT2D eigenvalue weighted by atomic mass is 16.5. The number of aromatic nitrogens is 4. The first-order valence-electron chi connectivity index (χ1n) is 8.77. The van der Waals surface area contributed by atoms with Crippen molar-refractivity contribution in [2.75, 3.05) is 0 Å². The van der Waals surface area contributed by atoms with Crippen LogP contribution in [0.3, 0.4) is 0 Å². The lowest BCUT2D eigenvalue weighted by atomic mass is 10.1. The first-order chi connectivity index (χ1) is 12.9. The van der Waals surface area contributed by atoms with Gasteiger partial charge in [-0.1, -0.05) is 24.3 Å². The van der Waals surface area contributed by atoms with Gasteiger partial charge in [-0.3, -0.25) is 18.8 Å². The van der Waals surface area contributed by atoms with Gasteiger partial charge in [-0.15, -0.1) is 0 Å². The highest BCUT2D eigenvalue weighted by molar-refractivity contribution is 5.77. The number of nitrogens with one attached hydrogen (secondary N) is 1. The van der Waals surface area contributed by atoms with Gasteiger partial charge in [-0.2, -0.15) is 5.10 Å². The number of carbonyl (C=O) groups excluding carboxylic acids is 1. The van der Waals surface area contributed by atoms with E-state index in [4.69, 9.17) is 4.74 Å². The second-order valence-electron chi connectivity index (χ2n) is 6.64. The van der Waals surface area contributed by atoms with Crippen LogP contribution in [0, 0.1) is 0 Å². The molecule has 8 nitrogen and oxygen atoms in total. The van der Waals surface area contributed by atoms with Crippen LogP contribution in [-0.4, -0.2) is 31.3 Å². The lowest BCUT2D eigenvalue weighted by molar-refractivity contribution is -0.121. The van der Waals surface area contributed by atoms with Crippen LogP contribution >= 0.6 is 0 Å². The Morgan fingerprint density at radius 2 is 1.93 bits per heavy atom. The third kappa shape index (κ3) is 4.59. The van der Waals surface area contributed by atoms with Gasteiger partial charge in [0.2, 0.25) is 5.91 Å². The first kappa shape index (κ1) is 18.8. The number of benzene rings is 1. The maximum Gasteiger partial charge on any atom is 0.264 e. The molecule has 1 N–H and O–H groups in total. The fraction of sp³-hybridized carbons (Fsp3) is 0.368. The smallest absolute Gasteiger partial charge is 0.264 e. The Labute approximate surface area is 156 Å². The SMILES string of the molecule is CC(C)OCc1ccc(CNC(=O)Cn2cnc3c(cnn3C)c2=O)cc1. The summed E-state index contributed by atoms with van der Waals surface area (Å²) in [7, 11) is 1.71. The topological polar surface area (TPSA) is 91.0 Å². The van der Waals surface area contributed by atoms with Crippen molar-refractivity contribution in [2.24, 2.45) is 7.05 Å². The van der Waals surface area contributed by atoms with Crippen LogP contribution < -0.4 is 10.9 Å². The second kappa shape index (κ2) is 8.13. The monoisotopic (exact) mass is 369 g/mol. The molecule has 2 aromatic heterocycles. The summed E-state index contributed by atoms with van der Waals surface area (Å²) in [5.41, 5.74) is 2.28. The fourth-order valence-electron chi connectivity index (χ4n) is 2.61. The number of fused-ring (bicyclic) bond motifs is 1. The number of hydrogen-bond acceptors (Lipinski definition) is 5. The number of hydrogen-bond donors (Lipinski definition) is 1. The van der Waals surface area contributed by atoms with Gasteiger partial charge >= 0.3 is 0 Å². The molecule has 0 spiro atoms. The van der Waals surface area contributed by atoms with Gasteiger partial charge in [0.05, 0.1) is 18.9 Å². The van der Waals surface area contributed by atoms with Gasteiger partial charge in [0.1, 0.15) is 18.3 Å². The molecule has 0 aliphatic heterocycles. The summed E-state index contributed by atoms with van der Waals surface area (Å²) >= 11 is 0. The zero-order chi connectivity index (χ0) is 19.4. The van der Waals surface area contributed by atoms with Gasteiger partial charge in [0.15, 0.2) is 5.65 Å². The Morgan fingerprint density at radius 3 is 2.63 bits per heavy atom. The predicted octanol–water partition coefficient (Wildman–Crippen LogP) is 1.37. The highest BCUT2D eigenvalue weighted by Gasteiger charge is 2.10. The molecule has 3 rings (SSSR count). The summed E-state index contributed by atoms with van der Waals surface area (Å²) in [6.45, 7) is 4.86. The number of rotatable bonds is 7. The molecule has 27 heavy (non-hydrogen) atoms. The average Bonchev–Trinajstić information content (AvgIpc) is 3.03. The minimum atomic E-state index is -0.280. The van der Waals surface area contributed by atoms with Gasteiger partial charge in [-0.25, -0.2) is 4.98 Å². The Balaban J connectivity index is 1.57. The number of aryl methyl sites for hydroxylation is 1. The van der Waals surface area contributed by atoms with Crippen LogP contribution in [0.1, 0.15) is 25.0 Å². The third-order valence-corrected chi connectivity index (χ3v) is 4.13. The van der Waals surface area contributed by atoms with Crippen molar-refractivity contribution in [3.63, 3.8) is 0 Å². The second-order valence-corrected chi connectivity index (χ2v) is 6.64. The largest absolute Gasteiger partial charge is 0.374 e. The van der Waals surface area contributed by atoms with Crippen LogP contribution in [0.15, 0.2) is 41.6 Å². The summed E-state index contributed by atoms with van der Waals surface area (Å²) in [4.78, 5) is 28.7. The van der Waals surface area contributed by atoms with E-state index in [1.165, 1.54) is 21.8 Å². The normalized spacial score (nSPS) is 11.3. The van der Waals surface area contributed by atoms with E-state index in [1.807, 2.05) is 38.1 Å². The maximum absolute atomic E-state index is 12.4. The summed E-state index contributed by atoms with van der Waals surface area (Å²) in [6.07, 6.45) is 3.02. The van der Waals surface area contributed by atoms with Crippen molar-refractivity contribution in [1.82, 2.24) is 24.6 Å². The molecule has 142 valence electrons. The molecule has 0 saturated heterocycles. The minimum Gasteiger partial charge on any atom is -0.374 e. The Morgan fingerprint density at radius 1 is 1.22 bits per heavy atom. The summed E-state index contributed by atoms with van der Waals surface area (Å²) < 4.78 is 8.37. The van der Waals surface area contributed by atoms with Crippen molar-refractivity contribution < 1.29 is 9.53 Å². The lowest BCUT2D eigenvalue weighted by Crippen LogP contribution is -2.32. The van der Waals surface area contributed by atoms with Crippen LogP contribution in [0.5, 0.6) is 0 Å². The molecule has 1 aromatic carbocycles. The van der Waals surface area contributed by atoms with Crippen molar-refractivity contribution in [3.05, 3.63) is 58.3 Å². The summed E-state index contributed by atoms with van der Waals surface area (Å²) in [5, 5.41) is 7.23. The molecular weight excluding hydrogens is 346 g/mol. The maximum atomic E-state index is 12.4. The molecule has 0 radical (unpaired) electrons. The Bertz CT molecular complexity index is 989. The van der Waals surface area contributed by atoms with E-state index in [0.29, 0.717) is 24.2 Å². The Kier molecular flexibility index (Phi) is 5.66. The minimum absolute atomic E-state index is 0.0863. The van der Waals surface area contributed by atoms with E-state index >= 15 is 0 Å². The first-order valence-corrected chi connectivity index (χ1v) is 8.77. The molecular formula is C19H23N5O3. The van der Waals surface area contributed by atoms with Crippen LogP contribution in [0.4, 0.5) is 0 Å². The van der Waals surface area contributed by atoms with E-state index in [2.05, 4.69) is 15.4 Å². The Hall–Kier alpha value is -3.00. The number of carbonyl (C=O) groups is 1. The molecule has 0 bridgehead atoms. The average molecular weight is 369 g/mol. The molecule has 2 heterocycles. The third-order valence-electron chi connectivity index (χ3n) is 4.13. The molecule has 0 saturated carbocycles. The highest BCUT2D eigenvalue weighted by Crippen LogP contribution is 2.07. The van der Waals surface area contributed by atoms with Gasteiger partial charge in [-0.05, 0) is 25.0 Å². The number of ether oxygens (including phenoxy) is 1. The van der Waals surface area contributed by atoms with E-state index in [-0.39, 0.29) is 24.1 Å². The molecule has 3 aromatic rings. The van der Waals surface area contributed by atoms with Gasteiger partial charge in [0, 0.05) is 13.6 Å². The zero-order valence-corrected chi connectivity index (χ0v) is 15.7. The van der Waals surface area contributed by atoms with Gasteiger partial charge < -0.3 is 10.1 Å². The van der Waals surface area contributed by atoms with Crippen molar-refractivity contribution in [1.29, 1.82) is 0 Å². The molecule has 0 unspecified atom stereocenters. The van der Waals surface area contributed by atoms with E-state index in [0.717, 1.165) is 11.1 Å². The van der Waals surface area contributed by atoms with E-state index < -0.39 is 0 Å². The molecule has 0 fully saturated rings. The van der Waals surface area contributed by atoms with Crippen molar-refractivity contribution in [3.8, 4) is 0 Å². The van der Waals surface area contributed by atoms with E-state index in [1.54, 1.807) is 7.05 Å². The van der Waals surface area contributed by atoms with Crippen LogP contribution in [0.2, 0.25) is 0 Å². The van der Waals surface area contributed by atoms with Crippen molar-refractivity contribution in [2.45, 2.75) is 39.6 Å². The molecule has 0 aliphatic carbocycles. The molecule has 0 aliphatic rings. The van der Waals surface area contributed by atoms with E-state index in [9.17, 15) is 9.59 Å². The molecule has 1 amide bonds. The fourth-order valence-corrected chi connectivity index (χ4v) is 2.61. The van der Waals surface area contributed by atoms with Crippen molar-refractivity contribution >= 4 is 16.9 Å². The van der Waals surface area contributed by atoms with Crippen LogP contribution in [0.25, 0.3) is 11.0 Å². The quantitative estimate of drug-likeness (QED) is 0.679. The molecule has 8 heteroatoms. The van der Waals surface area contributed by atoms with Crippen LogP contribution in [-0.2, 0) is 36.3 Å².